The van der Waals surface area contributed by atoms with Crippen molar-refractivity contribution in [2.75, 3.05) is 26.2 Å². The number of rotatable bonds is 9. The van der Waals surface area contributed by atoms with Crippen molar-refractivity contribution in [3.8, 4) is 0 Å². The van der Waals surface area contributed by atoms with Gasteiger partial charge < -0.3 is 15.0 Å². The molecule has 0 unspecified atom stereocenters. The molecule has 0 radical (unpaired) electrons. The van der Waals surface area contributed by atoms with E-state index >= 15 is 0 Å². The Hall–Kier alpha value is -2.82. The van der Waals surface area contributed by atoms with Crippen molar-refractivity contribution in [2.24, 2.45) is 10.3 Å². The van der Waals surface area contributed by atoms with E-state index in [2.05, 4.69) is 43.5 Å². The van der Waals surface area contributed by atoms with Gasteiger partial charge in [-0.05, 0) is 51.2 Å². The van der Waals surface area contributed by atoms with Crippen LogP contribution < -0.4 is 0 Å². The van der Waals surface area contributed by atoms with Gasteiger partial charge >= 0.3 is 0 Å². The first-order chi connectivity index (χ1) is 15.1. The number of nitrogens with zero attached hydrogens (tertiary/aromatic N) is 6. The Morgan fingerprint density at radius 3 is 1.69 bits per heavy atom. The molecule has 2 aromatic rings. The Morgan fingerprint density at radius 2 is 1.31 bits per heavy atom. The van der Waals surface area contributed by atoms with E-state index in [0.717, 1.165) is 12.1 Å². The van der Waals surface area contributed by atoms with E-state index in [1.54, 1.807) is 0 Å². The van der Waals surface area contributed by atoms with Crippen molar-refractivity contribution in [2.45, 2.75) is 27.7 Å². The predicted octanol–water partition coefficient (Wildman–Crippen LogP) is 7.40. The molecule has 0 aliphatic carbocycles. The van der Waals surface area contributed by atoms with Gasteiger partial charge in [0.2, 0.25) is 0 Å². The molecule has 32 heavy (non-hydrogen) atoms. The third kappa shape index (κ3) is 7.70. The molecule has 12 heteroatoms. The van der Waals surface area contributed by atoms with Gasteiger partial charge in [0.05, 0.1) is 46.1 Å². The van der Waals surface area contributed by atoms with Crippen LogP contribution in [0, 0.1) is 20.2 Å². The molecule has 0 heterocycles. The molecule has 0 aliphatic rings. The number of non-ortho nitro benzene ring substituents is 2. The van der Waals surface area contributed by atoms with Crippen molar-refractivity contribution in [1.29, 1.82) is 0 Å². The fourth-order valence-corrected chi connectivity index (χ4v) is 3.27. The highest BCUT2D eigenvalue weighted by Crippen LogP contribution is 2.34. The lowest BCUT2D eigenvalue weighted by atomic mass is 10.3. The van der Waals surface area contributed by atoms with Crippen LogP contribution in [0.15, 0.2) is 46.7 Å². The van der Waals surface area contributed by atoms with Crippen LogP contribution in [0.4, 0.5) is 22.7 Å². The average Bonchev–Trinajstić information content (AvgIpc) is 2.78. The highest BCUT2D eigenvalue weighted by Gasteiger charge is 2.16. The van der Waals surface area contributed by atoms with Gasteiger partial charge in [0.25, 0.3) is 11.4 Å². The summed E-state index contributed by atoms with van der Waals surface area (Å²) in [7, 11) is 0. The number of nitro benzene ring substituents is 2. The largest absolute Gasteiger partial charge is 0.349 e. The van der Waals surface area contributed by atoms with Crippen molar-refractivity contribution < 1.29 is 14.3 Å². The zero-order valence-corrected chi connectivity index (χ0v) is 19.9. The zero-order valence-electron chi connectivity index (χ0n) is 18.4. The van der Waals surface area contributed by atoms with Gasteiger partial charge in [0.1, 0.15) is 0 Å². The maximum Gasteiger partial charge on any atom is 0.270 e. The smallest absolute Gasteiger partial charge is 0.270 e. The molecular weight excluding hydrogens is 459 g/mol. The van der Waals surface area contributed by atoms with Crippen LogP contribution in [0.2, 0.25) is 10.0 Å². The lowest BCUT2D eigenvalue weighted by molar-refractivity contribution is -0.921. The fourth-order valence-electron chi connectivity index (χ4n) is 2.84. The van der Waals surface area contributed by atoms with E-state index in [1.165, 1.54) is 54.9 Å². The second-order valence-corrected chi connectivity index (χ2v) is 7.50. The third-order valence-corrected chi connectivity index (χ3v) is 5.88. The standard InChI is InChI=1S/C12H6Cl2N5O4.C8H20N/c13-9-5-7(18(20)21)1-3-11(9)15-17-16-12-4-2-8(19(22)23)6-10(12)14;1-5-9(6-2,7-3)8-4/h1-6H;5-8H2,1-4H3/q-1;+1. The lowest BCUT2D eigenvalue weighted by Crippen LogP contribution is -2.47. The maximum atomic E-state index is 10.6. The van der Waals surface area contributed by atoms with E-state index in [1.807, 2.05) is 0 Å². The number of nitro groups is 2. The molecule has 0 atom stereocenters. The van der Waals surface area contributed by atoms with E-state index in [-0.39, 0.29) is 32.8 Å². The summed E-state index contributed by atoms with van der Waals surface area (Å²) in [6.07, 6.45) is 0. The van der Waals surface area contributed by atoms with Crippen molar-refractivity contribution in [3.05, 3.63) is 72.1 Å². The van der Waals surface area contributed by atoms with Gasteiger partial charge in [-0.2, -0.15) is 0 Å². The second kappa shape index (κ2) is 12.9. The minimum absolute atomic E-state index is 0.0351. The quantitative estimate of drug-likeness (QED) is 0.159. The topological polar surface area (TPSA) is 125 Å². The minimum atomic E-state index is -0.589. The molecule has 174 valence electrons. The normalized spacial score (nSPS) is 11.1. The molecule has 0 fully saturated rings. The molecule has 0 saturated heterocycles. The van der Waals surface area contributed by atoms with Crippen molar-refractivity contribution in [1.82, 2.24) is 0 Å². The van der Waals surface area contributed by atoms with Gasteiger partial charge in [0, 0.05) is 24.3 Å². The van der Waals surface area contributed by atoms with Crippen LogP contribution in [-0.4, -0.2) is 40.5 Å². The molecule has 2 aromatic carbocycles. The summed E-state index contributed by atoms with van der Waals surface area (Å²) in [6, 6.07) is 7.34. The van der Waals surface area contributed by atoms with E-state index in [4.69, 9.17) is 23.2 Å². The van der Waals surface area contributed by atoms with Crippen LogP contribution in [0.25, 0.3) is 5.43 Å². The molecule has 0 aromatic heterocycles. The average molecular weight is 485 g/mol. The van der Waals surface area contributed by atoms with Crippen LogP contribution in [0.3, 0.4) is 0 Å². The summed E-state index contributed by atoms with van der Waals surface area (Å²) < 4.78 is 1.28. The van der Waals surface area contributed by atoms with Crippen LogP contribution in [0.5, 0.6) is 0 Å². The maximum absolute atomic E-state index is 10.6. The summed E-state index contributed by atoms with van der Waals surface area (Å²) in [5, 5.41) is 28.5. The molecule has 0 amide bonds. The molecule has 0 aliphatic heterocycles. The monoisotopic (exact) mass is 484 g/mol. The number of halogens is 2. The number of hydrogen-bond donors (Lipinski definition) is 0. The van der Waals surface area contributed by atoms with E-state index < -0.39 is 9.85 Å². The van der Waals surface area contributed by atoms with Gasteiger partial charge in [0.15, 0.2) is 0 Å². The summed E-state index contributed by atoms with van der Waals surface area (Å²) in [4.78, 5) is 20.0. The van der Waals surface area contributed by atoms with Crippen LogP contribution >= 0.6 is 23.2 Å². The fraction of sp³-hybridized carbons (Fsp3) is 0.400. The first-order valence-corrected chi connectivity index (χ1v) is 10.7. The van der Waals surface area contributed by atoms with Gasteiger partial charge in [-0.1, -0.05) is 23.2 Å². The molecule has 0 N–H and O–H groups in total. The number of hydrogen-bond acceptors (Lipinski definition) is 6. The minimum Gasteiger partial charge on any atom is -0.349 e. The predicted molar refractivity (Wildman–Crippen MR) is 126 cm³/mol. The Morgan fingerprint density at radius 1 is 0.844 bits per heavy atom. The van der Waals surface area contributed by atoms with Crippen LogP contribution in [0.1, 0.15) is 27.7 Å². The second-order valence-electron chi connectivity index (χ2n) is 6.68. The lowest BCUT2D eigenvalue weighted by Gasteiger charge is -2.34. The Labute approximate surface area is 196 Å². The Kier molecular flexibility index (Phi) is 11.0. The summed E-state index contributed by atoms with van der Waals surface area (Å²) in [5.74, 6) is 0. The van der Waals surface area contributed by atoms with Gasteiger partial charge in [-0.3, -0.25) is 25.5 Å². The highest BCUT2D eigenvalue weighted by atomic mass is 35.5. The first kappa shape index (κ1) is 27.2. The van der Waals surface area contributed by atoms with E-state index in [0.29, 0.717) is 0 Å². The highest BCUT2D eigenvalue weighted by molar-refractivity contribution is 6.33. The van der Waals surface area contributed by atoms with Crippen molar-refractivity contribution in [3.63, 3.8) is 0 Å². The molecule has 10 nitrogen and oxygen atoms in total. The third-order valence-electron chi connectivity index (χ3n) is 5.27. The summed E-state index contributed by atoms with van der Waals surface area (Å²) in [5.41, 5.74) is 3.72. The molecule has 0 saturated carbocycles. The van der Waals surface area contributed by atoms with Crippen LogP contribution in [-0.2, 0) is 0 Å². The Balaban J connectivity index is 0.000000482. The summed E-state index contributed by atoms with van der Waals surface area (Å²) >= 11 is 11.7. The Bertz CT molecular complexity index is 950. The molecule has 0 spiro atoms. The zero-order chi connectivity index (χ0) is 24.3. The SMILES string of the molecule is CC[N+](CC)(CC)CC.O=[N+]([O-])c1ccc(N=N[N-]c2ccc([N+](=O)[O-])cc2Cl)c(Cl)c1. The van der Waals surface area contributed by atoms with Gasteiger partial charge in [-0.25, -0.2) is 0 Å². The first-order valence-electron chi connectivity index (χ1n) is 9.97. The summed E-state index contributed by atoms with van der Waals surface area (Å²) in [6.45, 7) is 14.2. The molecular formula is C20H26Cl2N6O4. The van der Waals surface area contributed by atoms with E-state index in [9.17, 15) is 20.2 Å². The molecule has 2 rings (SSSR count). The molecule has 0 bridgehead atoms. The van der Waals surface area contributed by atoms with Gasteiger partial charge in [-0.15, -0.1) is 0 Å². The number of quaternary nitrogens is 1. The number of benzene rings is 2. The van der Waals surface area contributed by atoms with Crippen molar-refractivity contribution >= 4 is 46.0 Å².